The van der Waals surface area contributed by atoms with E-state index in [4.69, 9.17) is 0 Å². The Morgan fingerprint density at radius 1 is 1.55 bits per heavy atom. The van der Waals surface area contributed by atoms with E-state index in [0.29, 0.717) is 6.04 Å². The number of hydrogen-bond donors (Lipinski definition) is 0. The molecule has 0 spiro atoms. The van der Waals surface area contributed by atoms with Crippen molar-refractivity contribution in [3.05, 3.63) is 18.0 Å². The standard InChI is InChI=1S/C9H14N2/c1-7-3-4-9-5-6-10-11(9)8(7)2/h5-8H,3-4H2,1-2H3. The van der Waals surface area contributed by atoms with Crippen molar-refractivity contribution in [2.24, 2.45) is 5.92 Å². The highest BCUT2D eigenvalue weighted by Gasteiger charge is 2.21. The summed E-state index contributed by atoms with van der Waals surface area (Å²) in [6, 6.07) is 2.72. The Morgan fingerprint density at radius 3 is 3.18 bits per heavy atom. The summed E-state index contributed by atoms with van der Waals surface area (Å²) in [4.78, 5) is 0. The molecule has 2 heteroatoms. The molecule has 1 aromatic heterocycles. The average molecular weight is 150 g/mol. The van der Waals surface area contributed by atoms with E-state index in [1.54, 1.807) is 0 Å². The van der Waals surface area contributed by atoms with Gasteiger partial charge in [-0.25, -0.2) is 0 Å². The van der Waals surface area contributed by atoms with Crippen LogP contribution in [0.1, 0.15) is 32.0 Å². The molecule has 0 radical (unpaired) electrons. The van der Waals surface area contributed by atoms with Gasteiger partial charge < -0.3 is 0 Å². The fraction of sp³-hybridized carbons (Fsp3) is 0.667. The molecule has 11 heavy (non-hydrogen) atoms. The Hall–Kier alpha value is -0.790. The van der Waals surface area contributed by atoms with E-state index in [9.17, 15) is 0 Å². The molecule has 0 bridgehead atoms. The van der Waals surface area contributed by atoms with Gasteiger partial charge in [-0.05, 0) is 31.7 Å². The van der Waals surface area contributed by atoms with Gasteiger partial charge in [0.05, 0.1) is 6.04 Å². The van der Waals surface area contributed by atoms with Gasteiger partial charge in [-0.3, -0.25) is 4.68 Å². The molecule has 1 aliphatic heterocycles. The maximum absolute atomic E-state index is 4.30. The Bertz CT molecular complexity index is 252. The second-order valence-corrected chi connectivity index (χ2v) is 3.52. The molecule has 2 atom stereocenters. The fourth-order valence-electron chi connectivity index (χ4n) is 1.76. The van der Waals surface area contributed by atoms with Crippen LogP contribution in [0.3, 0.4) is 0 Å². The lowest BCUT2D eigenvalue weighted by molar-refractivity contribution is 0.291. The summed E-state index contributed by atoms with van der Waals surface area (Å²) in [6.07, 6.45) is 4.42. The minimum absolute atomic E-state index is 0.591. The zero-order valence-electron chi connectivity index (χ0n) is 7.12. The predicted octanol–water partition coefficient (Wildman–Crippen LogP) is 2.03. The first kappa shape index (κ1) is 6.89. The lowest BCUT2D eigenvalue weighted by atomic mass is 9.93. The number of aromatic nitrogens is 2. The van der Waals surface area contributed by atoms with E-state index < -0.39 is 0 Å². The van der Waals surface area contributed by atoms with Crippen molar-refractivity contribution in [3.63, 3.8) is 0 Å². The lowest BCUT2D eigenvalue weighted by Gasteiger charge is -2.27. The molecule has 0 aromatic carbocycles. The highest BCUT2D eigenvalue weighted by Crippen LogP contribution is 2.28. The molecule has 0 N–H and O–H groups in total. The SMILES string of the molecule is CC1CCc2ccnn2C1C. The second-order valence-electron chi connectivity index (χ2n) is 3.52. The summed E-state index contributed by atoms with van der Waals surface area (Å²) in [5, 5.41) is 4.30. The van der Waals surface area contributed by atoms with Crippen molar-refractivity contribution >= 4 is 0 Å². The van der Waals surface area contributed by atoms with Crippen LogP contribution in [0.2, 0.25) is 0 Å². The second kappa shape index (κ2) is 2.36. The van der Waals surface area contributed by atoms with E-state index in [1.165, 1.54) is 18.5 Å². The van der Waals surface area contributed by atoms with Crippen molar-refractivity contribution in [3.8, 4) is 0 Å². The molecule has 2 heterocycles. The van der Waals surface area contributed by atoms with Gasteiger partial charge in [-0.2, -0.15) is 5.10 Å². The van der Waals surface area contributed by atoms with Gasteiger partial charge in [0.15, 0.2) is 0 Å². The number of nitrogens with zero attached hydrogens (tertiary/aromatic N) is 2. The van der Waals surface area contributed by atoms with Crippen LogP contribution < -0.4 is 0 Å². The largest absolute Gasteiger partial charge is 0.267 e. The van der Waals surface area contributed by atoms with Crippen molar-refractivity contribution < 1.29 is 0 Å². The zero-order valence-corrected chi connectivity index (χ0v) is 7.12. The smallest absolute Gasteiger partial charge is 0.0519 e. The van der Waals surface area contributed by atoms with Gasteiger partial charge in [0.2, 0.25) is 0 Å². The maximum Gasteiger partial charge on any atom is 0.0519 e. The molecule has 60 valence electrons. The van der Waals surface area contributed by atoms with Crippen LogP contribution in [0, 0.1) is 5.92 Å². The first-order valence-electron chi connectivity index (χ1n) is 4.31. The van der Waals surface area contributed by atoms with Crippen molar-refractivity contribution in [2.45, 2.75) is 32.7 Å². The summed E-state index contributed by atoms with van der Waals surface area (Å²) in [7, 11) is 0. The summed E-state index contributed by atoms with van der Waals surface area (Å²) in [6.45, 7) is 4.55. The van der Waals surface area contributed by atoms with Crippen LogP contribution in [-0.4, -0.2) is 9.78 Å². The third kappa shape index (κ3) is 0.971. The molecule has 1 aromatic rings. The highest BCUT2D eigenvalue weighted by atomic mass is 15.3. The number of hydrogen-bond acceptors (Lipinski definition) is 1. The predicted molar refractivity (Wildman–Crippen MR) is 44.4 cm³/mol. The van der Waals surface area contributed by atoms with Crippen molar-refractivity contribution in [1.29, 1.82) is 0 Å². The summed E-state index contributed by atoms with van der Waals surface area (Å²) < 4.78 is 2.16. The fourth-order valence-corrected chi connectivity index (χ4v) is 1.76. The Kier molecular flexibility index (Phi) is 1.48. The Labute approximate surface area is 67.2 Å². The number of rotatable bonds is 0. The van der Waals surface area contributed by atoms with Crippen LogP contribution >= 0.6 is 0 Å². The zero-order chi connectivity index (χ0) is 7.84. The maximum atomic E-state index is 4.30. The molecular weight excluding hydrogens is 136 g/mol. The van der Waals surface area contributed by atoms with Crippen LogP contribution in [0.25, 0.3) is 0 Å². The first-order chi connectivity index (χ1) is 5.29. The molecule has 0 saturated heterocycles. The lowest BCUT2D eigenvalue weighted by Crippen LogP contribution is -2.23. The summed E-state index contributed by atoms with van der Waals surface area (Å²) >= 11 is 0. The van der Waals surface area contributed by atoms with Gasteiger partial charge in [-0.15, -0.1) is 0 Å². The van der Waals surface area contributed by atoms with Gasteiger partial charge in [0.1, 0.15) is 0 Å². The number of aryl methyl sites for hydroxylation is 1. The topological polar surface area (TPSA) is 17.8 Å². The molecule has 2 nitrogen and oxygen atoms in total. The minimum Gasteiger partial charge on any atom is -0.267 e. The van der Waals surface area contributed by atoms with Gasteiger partial charge in [0.25, 0.3) is 0 Å². The molecule has 0 fully saturated rings. The van der Waals surface area contributed by atoms with Gasteiger partial charge in [0, 0.05) is 11.9 Å². The summed E-state index contributed by atoms with van der Waals surface area (Å²) in [5.41, 5.74) is 1.40. The quantitative estimate of drug-likeness (QED) is 0.553. The van der Waals surface area contributed by atoms with E-state index in [-0.39, 0.29) is 0 Å². The first-order valence-corrected chi connectivity index (χ1v) is 4.31. The van der Waals surface area contributed by atoms with Crippen LogP contribution in [-0.2, 0) is 6.42 Å². The number of fused-ring (bicyclic) bond motifs is 1. The van der Waals surface area contributed by atoms with Crippen LogP contribution in [0.15, 0.2) is 12.3 Å². The Balaban J connectivity index is 2.38. The third-order valence-corrected chi connectivity index (χ3v) is 2.82. The Morgan fingerprint density at radius 2 is 2.36 bits per heavy atom. The van der Waals surface area contributed by atoms with Crippen LogP contribution in [0.5, 0.6) is 0 Å². The van der Waals surface area contributed by atoms with E-state index in [2.05, 4.69) is 29.7 Å². The highest BCUT2D eigenvalue weighted by molar-refractivity contribution is 5.05. The van der Waals surface area contributed by atoms with Gasteiger partial charge in [-0.1, -0.05) is 6.92 Å². The average Bonchev–Trinajstić information content (AvgIpc) is 2.45. The van der Waals surface area contributed by atoms with Crippen molar-refractivity contribution in [1.82, 2.24) is 9.78 Å². The molecule has 1 aliphatic rings. The van der Waals surface area contributed by atoms with E-state index >= 15 is 0 Å². The van der Waals surface area contributed by atoms with Crippen LogP contribution in [0.4, 0.5) is 0 Å². The molecule has 0 amide bonds. The third-order valence-electron chi connectivity index (χ3n) is 2.82. The summed E-state index contributed by atoms with van der Waals surface area (Å²) in [5.74, 6) is 0.780. The normalized spacial score (nSPS) is 30.0. The van der Waals surface area contributed by atoms with Gasteiger partial charge >= 0.3 is 0 Å². The molecule has 0 saturated carbocycles. The van der Waals surface area contributed by atoms with E-state index in [0.717, 1.165) is 5.92 Å². The monoisotopic (exact) mass is 150 g/mol. The minimum atomic E-state index is 0.591. The molecule has 2 rings (SSSR count). The molecular formula is C9H14N2. The van der Waals surface area contributed by atoms with Crippen molar-refractivity contribution in [2.75, 3.05) is 0 Å². The molecule has 2 unspecified atom stereocenters. The van der Waals surface area contributed by atoms with E-state index in [1.807, 2.05) is 6.20 Å². The molecule has 0 aliphatic carbocycles.